The number of aromatic nitrogens is 2. The number of fused-ring (bicyclic) bond motifs is 16. The van der Waals surface area contributed by atoms with Gasteiger partial charge in [-0.1, -0.05) is 215 Å². The largest absolute Gasteiger partial charge is 0.311 e. The molecule has 3 aliphatic carbocycles. The van der Waals surface area contributed by atoms with Crippen LogP contribution in [0.4, 0.5) is 17.1 Å². The molecule has 0 amide bonds. The van der Waals surface area contributed by atoms with Crippen LogP contribution in [-0.2, 0) is 5.41 Å². The fraction of sp³-hybridized carbons (Fsp3) is 0.0857. The summed E-state index contributed by atoms with van der Waals surface area (Å²) in [5.74, 6) is 0. The van der Waals surface area contributed by atoms with Gasteiger partial charge in [-0.05, 0) is 118 Å². The molecule has 2 aromatic heterocycles. The zero-order chi connectivity index (χ0) is 49.2. The number of para-hydroxylation sites is 5. The Hall–Kier alpha value is -8.92. The molecule has 1 spiro atoms. The Morgan fingerprint density at radius 3 is 1.58 bits per heavy atom. The van der Waals surface area contributed by atoms with Crippen molar-refractivity contribution in [3.05, 3.63) is 283 Å². The first-order valence-electron chi connectivity index (χ1n) is 25.9. The molecule has 0 bridgehead atoms. The molecule has 0 saturated carbocycles. The minimum Gasteiger partial charge on any atom is -0.311 e. The van der Waals surface area contributed by atoms with Gasteiger partial charge in [-0.15, -0.1) is 0 Å². The third kappa shape index (κ3) is 6.38. The first kappa shape index (κ1) is 44.1. The summed E-state index contributed by atoms with van der Waals surface area (Å²) in [6.07, 6.45) is 14.8. The van der Waals surface area contributed by atoms with Crippen molar-refractivity contribution in [2.75, 3.05) is 4.90 Å². The van der Waals surface area contributed by atoms with E-state index in [1.165, 1.54) is 93.9 Å². The maximum absolute atomic E-state index is 4.20. The number of hydrogen-bond donors (Lipinski definition) is 0. The van der Waals surface area contributed by atoms with Gasteiger partial charge in [0, 0.05) is 38.5 Å². The summed E-state index contributed by atoms with van der Waals surface area (Å²) >= 11 is 0. The summed E-state index contributed by atoms with van der Waals surface area (Å²) in [7, 11) is 0. The number of allylic oxidation sites excluding steroid dienone is 9. The van der Waals surface area contributed by atoms with Crippen molar-refractivity contribution in [2.45, 2.75) is 39.0 Å². The molecule has 14 rings (SSSR count). The van der Waals surface area contributed by atoms with Crippen molar-refractivity contribution in [1.29, 1.82) is 0 Å². The number of hydrogen-bond acceptors (Lipinski definition) is 1. The summed E-state index contributed by atoms with van der Waals surface area (Å²) in [6, 6.07) is 77.2. The van der Waals surface area contributed by atoms with Crippen LogP contribution in [-0.4, -0.2) is 9.13 Å². The highest BCUT2D eigenvalue weighted by molar-refractivity contribution is 6.19. The minimum absolute atomic E-state index is 0.505. The zero-order valence-corrected chi connectivity index (χ0v) is 41.6. The molecular weight excluding hydrogens is 883 g/mol. The van der Waals surface area contributed by atoms with Crippen molar-refractivity contribution in [2.24, 2.45) is 0 Å². The maximum Gasteiger partial charge on any atom is 0.0782 e. The molecular formula is C70H55N3. The third-order valence-corrected chi connectivity index (χ3v) is 15.6. The molecule has 11 aromatic rings. The lowest BCUT2D eigenvalue weighted by atomic mass is 9.70. The van der Waals surface area contributed by atoms with E-state index in [0.29, 0.717) is 0 Å². The predicted molar refractivity (Wildman–Crippen MR) is 311 cm³/mol. The Morgan fingerprint density at radius 1 is 0.479 bits per heavy atom. The summed E-state index contributed by atoms with van der Waals surface area (Å²) in [4.78, 5) is 2.63. The minimum atomic E-state index is -0.505. The molecule has 0 radical (unpaired) electrons. The van der Waals surface area contributed by atoms with Crippen molar-refractivity contribution in [3.63, 3.8) is 0 Å². The van der Waals surface area contributed by atoms with E-state index in [1.54, 1.807) is 0 Å². The van der Waals surface area contributed by atoms with E-state index in [-0.39, 0.29) is 0 Å². The van der Waals surface area contributed by atoms with Gasteiger partial charge >= 0.3 is 0 Å². The fourth-order valence-corrected chi connectivity index (χ4v) is 12.8. The highest BCUT2D eigenvalue weighted by atomic mass is 15.2. The topological polar surface area (TPSA) is 13.1 Å². The molecule has 3 aliphatic rings. The number of nitrogens with zero attached hydrogens (tertiary/aromatic N) is 3. The smallest absolute Gasteiger partial charge is 0.0782 e. The monoisotopic (exact) mass is 937 g/mol. The summed E-state index contributed by atoms with van der Waals surface area (Å²) < 4.78 is 5.05. The van der Waals surface area contributed by atoms with Crippen molar-refractivity contribution < 1.29 is 0 Å². The molecule has 0 N–H and O–H groups in total. The highest BCUT2D eigenvalue weighted by Gasteiger charge is 2.52. The zero-order valence-electron chi connectivity index (χ0n) is 41.6. The van der Waals surface area contributed by atoms with Crippen molar-refractivity contribution >= 4 is 66.4 Å². The van der Waals surface area contributed by atoms with Gasteiger partial charge in [0.05, 0.1) is 44.5 Å². The predicted octanol–water partition coefficient (Wildman–Crippen LogP) is 19.0. The molecule has 9 aromatic carbocycles. The average molecular weight is 938 g/mol. The van der Waals surface area contributed by atoms with Gasteiger partial charge in [0.2, 0.25) is 0 Å². The highest BCUT2D eigenvalue weighted by Crippen LogP contribution is 2.65. The van der Waals surface area contributed by atoms with Crippen LogP contribution in [0.5, 0.6) is 0 Å². The molecule has 0 saturated heterocycles. The van der Waals surface area contributed by atoms with E-state index in [4.69, 9.17) is 0 Å². The van der Waals surface area contributed by atoms with Crippen LogP contribution in [0.25, 0.3) is 77.2 Å². The first-order chi connectivity index (χ1) is 36.2. The third-order valence-electron chi connectivity index (χ3n) is 15.6. The molecule has 0 fully saturated rings. The first-order valence-corrected chi connectivity index (χ1v) is 25.9. The van der Waals surface area contributed by atoms with Gasteiger partial charge in [0.1, 0.15) is 0 Å². The van der Waals surface area contributed by atoms with Crippen LogP contribution in [0.3, 0.4) is 0 Å². The summed E-state index contributed by atoms with van der Waals surface area (Å²) in [5, 5.41) is 4.88. The Morgan fingerprint density at radius 2 is 0.973 bits per heavy atom. The number of rotatable bonds is 8. The Labute approximate surface area is 427 Å². The van der Waals surface area contributed by atoms with Crippen molar-refractivity contribution in [3.8, 4) is 27.9 Å². The maximum atomic E-state index is 4.20. The lowest BCUT2D eigenvalue weighted by molar-refractivity contribution is 0.794. The quantitative estimate of drug-likeness (QED) is 0.138. The van der Waals surface area contributed by atoms with E-state index in [1.807, 2.05) is 19.9 Å². The lowest BCUT2D eigenvalue weighted by Gasteiger charge is -2.32. The van der Waals surface area contributed by atoms with Crippen LogP contribution in [0.2, 0.25) is 0 Å². The number of anilines is 3. The molecule has 2 heterocycles. The van der Waals surface area contributed by atoms with Crippen LogP contribution < -0.4 is 4.90 Å². The normalized spacial score (nSPS) is 14.2. The van der Waals surface area contributed by atoms with Gasteiger partial charge in [0.25, 0.3) is 0 Å². The summed E-state index contributed by atoms with van der Waals surface area (Å²) in [5.41, 5.74) is 22.8. The van der Waals surface area contributed by atoms with E-state index < -0.39 is 5.41 Å². The lowest BCUT2D eigenvalue weighted by Crippen LogP contribution is -2.26. The van der Waals surface area contributed by atoms with Gasteiger partial charge in [-0.2, -0.15) is 0 Å². The molecule has 0 aliphatic heterocycles. The second-order valence-electron chi connectivity index (χ2n) is 19.0. The van der Waals surface area contributed by atoms with Crippen LogP contribution >= 0.6 is 0 Å². The van der Waals surface area contributed by atoms with Gasteiger partial charge in [-0.25, -0.2) is 0 Å². The van der Waals surface area contributed by atoms with E-state index in [0.717, 1.165) is 46.7 Å². The van der Waals surface area contributed by atoms with E-state index >= 15 is 0 Å². The molecule has 3 nitrogen and oxygen atoms in total. The number of benzene rings is 9. The Balaban J connectivity index is 0.00000255. The molecule has 3 heteroatoms. The van der Waals surface area contributed by atoms with E-state index in [2.05, 4.69) is 264 Å². The second kappa shape index (κ2) is 17.7. The average Bonchev–Trinajstić information content (AvgIpc) is 4.19. The molecule has 73 heavy (non-hydrogen) atoms. The molecule has 350 valence electrons. The second-order valence-corrected chi connectivity index (χ2v) is 19.0. The van der Waals surface area contributed by atoms with Gasteiger partial charge < -0.3 is 14.0 Å². The Kier molecular flexibility index (Phi) is 10.7. The van der Waals surface area contributed by atoms with Crippen LogP contribution in [0.15, 0.2) is 260 Å². The van der Waals surface area contributed by atoms with Crippen LogP contribution in [0, 0.1) is 0 Å². The summed E-state index contributed by atoms with van der Waals surface area (Å²) in [6.45, 7) is 10.3. The van der Waals surface area contributed by atoms with Gasteiger partial charge in [-0.3, -0.25) is 0 Å². The SMILES string of the molecule is C=C/C(=C\C=C/C)C1=CC=C(n2c3ccccc3c3cccc(N(c4cccc5c4-c4ccccc4C54c5ccccc5-c5ccccc54)c4cccc5c6ccccc6n(-c6ccccc6)c45)c32)CC1.CC. The van der Waals surface area contributed by atoms with Crippen molar-refractivity contribution in [1.82, 2.24) is 9.13 Å². The van der Waals surface area contributed by atoms with Crippen LogP contribution in [0.1, 0.15) is 55.9 Å². The van der Waals surface area contributed by atoms with E-state index in [9.17, 15) is 0 Å². The molecule has 0 atom stereocenters. The van der Waals surface area contributed by atoms with Gasteiger partial charge in [0.15, 0.2) is 0 Å². The Bertz CT molecular complexity index is 4100. The molecule has 0 unspecified atom stereocenters. The standard InChI is InChI=1S/C68H49N3.C2H6/c1-3-5-22-45(4-2)46-41-43-48(44-42-46)70-61-37-18-13-28-52(61)54-31-20-40-64(67(54)70)71(63-39-19-30-53-51-27-12-17-36-60(51)69(66(53)63)47-23-7-6-8-24-47)62-38-21-35-59-65(62)55-29-11-16-34-58(55)68(59)56-32-14-9-25-49(56)50-26-10-15-33-57(50)68;1-2/h3-41,43H,2,42,44H2,1H3;1-2H3/b5-3-,45-22+;. The fourth-order valence-electron chi connectivity index (χ4n) is 12.8.